The number of carbonyl (C=O) groups excluding carboxylic acids is 1. The lowest BCUT2D eigenvalue weighted by Crippen LogP contribution is -2.23. The lowest BCUT2D eigenvalue weighted by molar-refractivity contribution is 0.0994. The second kappa shape index (κ2) is 10.8. The Hall–Kier alpha value is -4.94. The SMILES string of the molecule is COc1cc(Nc2nc3ccccc3nc2N(c2cccc(-n3cccc3C(N)=O)c2)S(=O)[O-])cc(OC)c1. The van der Waals surface area contributed by atoms with Crippen LogP contribution >= 0.6 is 0 Å². The molecule has 12 heteroatoms. The third-order valence-electron chi connectivity index (χ3n) is 5.85. The van der Waals surface area contributed by atoms with Crippen LogP contribution in [0.2, 0.25) is 0 Å². The molecule has 0 fully saturated rings. The van der Waals surface area contributed by atoms with Crippen LogP contribution in [0.25, 0.3) is 16.7 Å². The van der Waals surface area contributed by atoms with Gasteiger partial charge >= 0.3 is 0 Å². The van der Waals surface area contributed by atoms with Crippen molar-refractivity contribution < 1.29 is 23.0 Å². The van der Waals surface area contributed by atoms with Crippen molar-refractivity contribution in [2.75, 3.05) is 23.8 Å². The van der Waals surface area contributed by atoms with Crippen molar-refractivity contribution >= 4 is 51.2 Å². The van der Waals surface area contributed by atoms with Gasteiger partial charge in [-0.3, -0.25) is 13.3 Å². The molecule has 3 N–H and O–H groups in total. The normalized spacial score (nSPS) is 11.7. The lowest BCUT2D eigenvalue weighted by atomic mass is 10.2. The molecule has 198 valence electrons. The number of carbonyl (C=O) groups is 1. The molecule has 2 aromatic heterocycles. The number of hydrogen-bond donors (Lipinski definition) is 2. The van der Waals surface area contributed by atoms with Gasteiger partial charge in [0.25, 0.3) is 5.91 Å². The highest BCUT2D eigenvalue weighted by atomic mass is 32.2. The summed E-state index contributed by atoms with van der Waals surface area (Å²) >= 11 is -2.81. The summed E-state index contributed by atoms with van der Waals surface area (Å²) in [6.45, 7) is 0. The minimum absolute atomic E-state index is 0.0311. The van der Waals surface area contributed by atoms with Crippen LogP contribution < -0.4 is 24.8 Å². The number of nitrogens with two attached hydrogens (primary N) is 1. The zero-order valence-corrected chi connectivity index (χ0v) is 21.7. The van der Waals surface area contributed by atoms with Gasteiger partial charge in [-0.1, -0.05) is 18.2 Å². The summed E-state index contributed by atoms with van der Waals surface area (Å²) in [6, 6.07) is 22.2. The fourth-order valence-electron chi connectivity index (χ4n) is 4.09. The molecule has 0 bridgehead atoms. The van der Waals surface area contributed by atoms with Crippen LogP contribution in [0.5, 0.6) is 11.5 Å². The van der Waals surface area contributed by atoms with E-state index in [0.717, 1.165) is 4.31 Å². The number of fused-ring (bicyclic) bond motifs is 1. The fourth-order valence-corrected chi connectivity index (χ4v) is 4.64. The molecule has 1 atom stereocenters. The average Bonchev–Trinajstić information content (AvgIpc) is 3.44. The van der Waals surface area contributed by atoms with Gasteiger partial charge < -0.3 is 29.6 Å². The molecular weight excluding hydrogens is 520 g/mol. The third-order valence-corrected chi connectivity index (χ3v) is 6.53. The first-order chi connectivity index (χ1) is 18.9. The predicted octanol–water partition coefficient (Wildman–Crippen LogP) is 4.21. The topological polar surface area (TPSA) is 148 Å². The first-order valence-corrected chi connectivity index (χ1v) is 12.6. The molecule has 1 amide bonds. The second-order valence-electron chi connectivity index (χ2n) is 8.27. The molecule has 0 aliphatic carbocycles. The number of benzene rings is 3. The Morgan fingerprint density at radius 3 is 2.28 bits per heavy atom. The van der Waals surface area contributed by atoms with Gasteiger partial charge in [0.15, 0.2) is 11.6 Å². The molecule has 3 aromatic carbocycles. The Labute approximate surface area is 226 Å². The quantitative estimate of drug-likeness (QED) is 0.263. The number of nitrogens with zero attached hydrogens (tertiary/aromatic N) is 4. The number of methoxy groups -OCH3 is 2. The smallest absolute Gasteiger partial charge is 0.265 e. The monoisotopic (exact) mass is 543 g/mol. The summed E-state index contributed by atoms with van der Waals surface area (Å²) < 4.78 is 38.8. The summed E-state index contributed by atoms with van der Waals surface area (Å²) in [7, 11) is 3.06. The number of para-hydroxylation sites is 2. The van der Waals surface area contributed by atoms with Gasteiger partial charge in [0.05, 0.1) is 42.2 Å². The van der Waals surface area contributed by atoms with E-state index in [1.807, 2.05) is 6.07 Å². The summed E-state index contributed by atoms with van der Waals surface area (Å²) in [5, 5.41) is 3.17. The molecule has 0 aliphatic rings. The van der Waals surface area contributed by atoms with E-state index < -0.39 is 17.2 Å². The van der Waals surface area contributed by atoms with Crippen molar-refractivity contribution in [2.45, 2.75) is 0 Å². The van der Waals surface area contributed by atoms with Crippen LogP contribution in [0.15, 0.2) is 85.1 Å². The maximum Gasteiger partial charge on any atom is 0.265 e. The average molecular weight is 544 g/mol. The molecule has 5 rings (SSSR count). The van der Waals surface area contributed by atoms with Gasteiger partial charge in [-0.2, -0.15) is 0 Å². The second-order valence-corrected chi connectivity index (χ2v) is 9.07. The first kappa shape index (κ1) is 25.7. The van der Waals surface area contributed by atoms with Crippen LogP contribution in [-0.4, -0.2) is 43.4 Å². The van der Waals surface area contributed by atoms with Gasteiger partial charge in [-0.25, -0.2) is 9.97 Å². The molecule has 2 heterocycles. The molecule has 39 heavy (non-hydrogen) atoms. The third kappa shape index (κ3) is 5.23. The number of amides is 1. The van der Waals surface area contributed by atoms with Crippen molar-refractivity contribution in [1.29, 1.82) is 0 Å². The fraction of sp³-hybridized carbons (Fsp3) is 0.0741. The van der Waals surface area contributed by atoms with E-state index in [2.05, 4.69) is 15.3 Å². The number of anilines is 4. The molecular formula is C27H23N6O5S-. The molecule has 0 spiro atoms. The number of aromatic nitrogens is 3. The van der Waals surface area contributed by atoms with Crippen molar-refractivity contribution in [3.05, 3.63) is 90.8 Å². The van der Waals surface area contributed by atoms with Crippen LogP contribution in [0.4, 0.5) is 23.0 Å². The lowest BCUT2D eigenvalue weighted by Gasteiger charge is -2.28. The van der Waals surface area contributed by atoms with E-state index in [1.54, 1.807) is 83.6 Å². The van der Waals surface area contributed by atoms with E-state index in [0.29, 0.717) is 33.9 Å². The zero-order valence-electron chi connectivity index (χ0n) is 20.9. The maximum absolute atomic E-state index is 12.7. The van der Waals surface area contributed by atoms with Crippen LogP contribution in [0.1, 0.15) is 10.5 Å². The summed E-state index contributed by atoms with van der Waals surface area (Å²) in [5.74, 6) is 0.651. The van der Waals surface area contributed by atoms with Crippen molar-refractivity contribution in [3.63, 3.8) is 0 Å². The van der Waals surface area contributed by atoms with Crippen molar-refractivity contribution in [2.24, 2.45) is 5.73 Å². The minimum Gasteiger partial charge on any atom is -0.755 e. The van der Waals surface area contributed by atoms with E-state index in [4.69, 9.17) is 15.2 Å². The van der Waals surface area contributed by atoms with Crippen molar-refractivity contribution in [1.82, 2.24) is 14.5 Å². The molecule has 0 saturated heterocycles. The summed E-state index contributed by atoms with van der Waals surface area (Å²) in [4.78, 5) is 21.2. The highest BCUT2D eigenvalue weighted by molar-refractivity contribution is 7.81. The first-order valence-electron chi connectivity index (χ1n) is 11.6. The van der Waals surface area contributed by atoms with Crippen LogP contribution in [0, 0.1) is 0 Å². The van der Waals surface area contributed by atoms with Gasteiger partial charge in [0.1, 0.15) is 17.2 Å². The van der Waals surface area contributed by atoms with E-state index in [1.165, 1.54) is 14.2 Å². The number of nitrogens with one attached hydrogen (secondary N) is 1. The van der Waals surface area contributed by atoms with Crippen LogP contribution in [-0.2, 0) is 11.3 Å². The summed E-state index contributed by atoms with van der Waals surface area (Å²) in [5.41, 5.74) is 8.15. The highest BCUT2D eigenvalue weighted by Crippen LogP contribution is 2.36. The standard InChI is InChI=1S/C27H24N6O5S/c1-37-20-13-17(14-21(16-20)38-2)29-26-27(31-23-10-4-3-9-22(23)30-26)33(39(35)36)19-8-5-7-18(15-19)32-12-6-11-24(32)25(28)34/h3-16H,1-2H3,(H2,28,34)(H,29,30)(H,35,36)/p-1. The number of primary amides is 1. The Bertz CT molecular complexity index is 1680. The van der Waals surface area contributed by atoms with Gasteiger partial charge in [0.2, 0.25) is 0 Å². The van der Waals surface area contributed by atoms with E-state index >= 15 is 0 Å². The molecule has 0 aliphatic heterocycles. The number of hydrogen-bond acceptors (Lipinski definition) is 8. The van der Waals surface area contributed by atoms with Gasteiger partial charge in [-0.05, 0) is 42.5 Å². The van der Waals surface area contributed by atoms with Gasteiger partial charge in [-0.15, -0.1) is 0 Å². The van der Waals surface area contributed by atoms with Crippen LogP contribution in [0.3, 0.4) is 0 Å². The molecule has 11 nitrogen and oxygen atoms in total. The number of rotatable bonds is 9. The largest absolute Gasteiger partial charge is 0.755 e. The number of ether oxygens (including phenoxy) is 2. The summed E-state index contributed by atoms with van der Waals surface area (Å²) in [6.07, 6.45) is 1.66. The molecule has 0 radical (unpaired) electrons. The van der Waals surface area contributed by atoms with E-state index in [9.17, 15) is 13.6 Å². The highest BCUT2D eigenvalue weighted by Gasteiger charge is 2.21. The van der Waals surface area contributed by atoms with Crippen molar-refractivity contribution in [3.8, 4) is 17.2 Å². The Balaban J connectivity index is 1.66. The van der Waals surface area contributed by atoms with E-state index in [-0.39, 0.29) is 23.0 Å². The minimum atomic E-state index is -2.81. The molecule has 1 unspecified atom stereocenters. The molecule has 5 aromatic rings. The molecule has 0 saturated carbocycles. The maximum atomic E-state index is 12.7. The Morgan fingerprint density at radius 2 is 1.64 bits per heavy atom. The zero-order chi connectivity index (χ0) is 27.5. The Kier molecular flexibility index (Phi) is 7.12. The van der Waals surface area contributed by atoms with Gasteiger partial charge in [0, 0.05) is 35.8 Å². The predicted molar refractivity (Wildman–Crippen MR) is 148 cm³/mol. The Morgan fingerprint density at radius 1 is 0.949 bits per heavy atom.